The topological polar surface area (TPSA) is 107 Å². The molecule has 0 amide bonds. The Kier molecular flexibility index (Phi) is 5.28. The van der Waals surface area contributed by atoms with E-state index in [9.17, 15) is 14.1 Å². The molecule has 7 nitrogen and oxygen atoms in total. The minimum atomic E-state index is -1.28. The van der Waals surface area contributed by atoms with Gasteiger partial charge in [-0.25, -0.2) is 4.79 Å². The first-order valence-corrected chi connectivity index (χ1v) is 10.3. The van der Waals surface area contributed by atoms with E-state index in [1.165, 1.54) is 6.20 Å². The lowest BCUT2D eigenvalue weighted by Gasteiger charge is -2.12. The average Bonchev–Trinajstić information content (AvgIpc) is 3.13. The summed E-state index contributed by atoms with van der Waals surface area (Å²) in [5, 5.41) is 1.06. The van der Waals surface area contributed by atoms with Gasteiger partial charge in [-0.05, 0) is 30.2 Å². The molecule has 0 radical (unpaired) electrons. The van der Waals surface area contributed by atoms with Crippen molar-refractivity contribution >= 4 is 39.1 Å². The van der Waals surface area contributed by atoms with E-state index >= 15 is 0 Å². The number of carbonyl (C=O) groups excluding carboxylic acids is 1. The molecule has 1 atom stereocenters. The number of hydrogen-bond donors (Lipinski definition) is 2. The first kappa shape index (κ1) is 19.1. The van der Waals surface area contributed by atoms with Crippen LogP contribution < -0.4 is 10.3 Å². The smallest absolute Gasteiger partial charge is 0.513 e. The number of pyridine rings is 1. The molecule has 0 saturated heterocycles. The summed E-state index contributed by atoms with van der Waals surface area (Å²) >= 11 is -1.28. The number of fused-ring (bicyclic) bond motifs is 3. The molecule has 0 saturated carbocycles. The third-order valence-corrected chi connectivity index (χ3v) is 5.81. The van der Waals surface area contributed by atoms with Crippen LogP contribution in [0.15, 0.2) is 64.4 Å². The van der Waals surface area contributed by atoms with Gasteiger partial charge in [-0.15, -0.1) is 0 Å². The summed E-state index contributed by atoms with van der Waals surface area (Å²) in [6, 6.07) is 14.7. The lowest BCUT2D eigenvalue weighted by Crippen LogP contribution is -2.11. The molecule has 4 aromatic rings. The monoisotopic (exact) mass is 410 g/mol. The molecule has 4 rings (SSSR count). The fourth-order valence-corrected chi connectivity index (χ4v) is 4.27. The minimum Gasteiger partial charge on any atom is -0.611 e. The molecule has 29 heavy (non-hydrogen) atoms. The van der Waals surface area contributed by atoms with Gasteiger partial charge in [0.05, 0.1) is 12.0 Å². The van der Waals surface area contributed by atoms with Crippen molar-refractivity contribution in [3.8, 4) is 5.75 Å². The number of H-pyrrole nitrogens is 2. The van der Waals surface area contributed by atoms with Crippen molar-refractivity contribution < 1.29 is 18.8 Å². The van der Waals surface area contributed by atoms with Gasteiger partial charge in [-0.2, -0.15) is 0 Å². The third kappa shape index (κ3) is 3.85. The van der Waals surface area contributed by atoms with Gasteiger partial charge in [-0.3, -0.25) is 4.79 Å². The summed E-state index contributed by atoms with van der Waals surface area (Å²) in [5.41, 5.74) is 1.44. The molecule has 0 bridgehead atoms. The van der Waals surface area contributed by atoms with Crippen LogP contribution in [0.1, 0.15) is 12.5 Å². The first-order chi connectivity index (χ1) is 14.1. The highest BCUT2D eigenvalue weighted by molar-refractivity contribution is 7.90. The second-order valence-corrected chi connectivity index (χ2v) is 7.78. The number of carbonyl (C=O) groups is 1. The Morgan fingerprint density at radius 2 is 1.97 bits per heavy atom. The maximum absolute atomic E-state index is 12.9. The quantitative estimate of drug-likeness (QED) is 0.384. The number of aromatic amines is 2. The van der Waals surface area contributed by atoms with E-state index in [2.05, 4.69) is 9.97 Å². The number of rotatable bonds is 5. The van der Waals surface area contributed by atoms with Crippen molar-refractivity contribution in [3.05, 3.63) is 70.6 Å². The number of aromatic nitrogens is 2. The van der Waals surface area contributed by atoms with E-state index < -0.39 is 17.3 Å². The molecule has 1 unspecified atom stereocenters. The highest BCUT2D eigenvalue weighted by atomic mass is 32.2. The Hall–Kier alpha value is -3.23. The van der Waals surface area contributed by atoms with Crippen LogP contribution in [0.5, 0.6) is 5.75 Å². The molecule has 2 aromatic heterocycles. The van der Waals surface area contributed by atoms with Crippen LogP contribution >= 0.6 is 0 Å². The number of nitrogens with one attached hydrogen (secondary N) is 2. The average molecular weight is 410 g/mol. The summed E-state index contributed by atoms with van der Waals surface area (Å²) in [6.07, 6.45) is 0.579. The molecule has 0 aliphatic heterocycles. The lowest BCUT2D eigenvalue weighted by molar-refractivity contribution is 0.105. The Morgan fingerprint density at radius 1 is 1.17 bits per heavy atom. The van der Waals surface area contributed by atoms with Gasteiger partial charge in [0.2, 0.25) is 0 Å². The Labute approximate surface area is 168 Å². The Morgan fingerprint density at radius 3 is 2.72 bits per heavy atom. The predicted molar refractivity (Wildman–Crippen MR) is 111 cm³/mol. The predicted octanol–water partition coefficient (Wildman–Crippen LogP) is 3.85. The molecular formula is C21H18N2O5S. The van der Waals surface area contributed by atoms with Gasteiger partial charge in [0.25, 0.3) is 5.56 Å². The lowest BCUT2D eigenvalue weighted by atomic mass is 10.1. The fourth-order valence-electron chi connectivity index (χ4n) is 3.14. The van der Waals surface area contributed by atoms with E-state index in [4.69, 9.17) is 9.47 Å². The second-order valence-electron chi connectivity index (χ2n) is 6.32. The zero-order valence-corrected chi connectivity index (χ0v) is 16.4. The van der Waals surface area contributed by atoms with Crippen LogP contribution in [0.25, 0.3) is 21.8 Å². The normalized spacial score (nSPS) is 12.2. The van der Waals surface area contributed by atoms with Crippen LogP contribution in [0.4, 0.5) is 4.79 Å². The fraction of sp³-hybridized carbons (Fsp3) is 0.143. The van der Waals surface area contributed by atoms with Crippen LogP contribution in [-0.2, 0) is 21.7 Å². The van der Waals surface area contributed by atoms with Crippen molar-refractivity contribution in [1.82, 2.24) is 9.97 Å². The van der Waals surface area contributed by atoms with Crippen LogP contribution in [-0.4, -0.2) is 27.3 Å². The van der Waals surface area contributed by atoms with Crippen molar-refractivity contribution in [2.24, 2.45) is 0 Å². The van der Waals surface area contributed by atoms with Gasteiger partial charge in [0, 0.05) is 28.7 Å². The molecule has 0 spiro atoms. The maximum Gasteiger partial charge on any atom is 0.513 e. The molecule has 0 aliphatic rings. The molecule has 0 aliphatic carbocycles. The molecule has 148 valence electrons. The molecule has 2 aromatic carbocycles. The maximum atomic E-state index is 12.9. The summed E-state index contributed by atoms with van der Waals surface area (Å²) in [7, 11) is 0. The van der Waals surface area contributed by atoms with Crippen LogP contribution in [0.2, 0.25) is 0 Å². The summed E-state index contributed by atoms with van der Waals surface area (Å²) in [6.45, 7) is 1.84. The van der Waals surface area contributed by atoms with Gasteiger partial charge in [0.1, 0.15) is 11.3 Å². The zero-order valence-electron chi connectivity index (χ0n) is 15.6. The molecule has 2 heterocycles. The van der Waals surface area contributed by atoms with E-state index in [1.54, 1.807) is 25.1 Å². The Bertz CT molecular complexity index is 1230. The summed E-state index contributed by atoms with van der Waals surface area (Å²) in [4.78, 5) is 30.3. The van der Waals surface area contributed by atoms with E-state index in [-0.39, 0.29) is 23.4 Å². The van der Waals surface area contributed by atoms with Crippen molar-refractivity contribution in [2.75, 3.05) is 6.61 Å². The zero-order chi connectivity index (χ0) is 20.4. The second kappa shape index (κ2) is 8.02. The standard InChI is InChI=1S/C21H18N2O5S/c1-2-27-21(25)28-17-11-22-19-18(17)15-10-14(8-9-16(15)23-20(19)24)29(26)12-13-6-4-3-5-7-13/h3-11,22H,2,12H2,1H3,(H,23,24). The van der Waals surface area contributed by atoms with Crippen molar-refractivity contribution in [3.63, 3.8) is 0 Å². The van der Waals surface area contributed by atoms with Crippen LogP contribution in [0, 0.1) is 0 Å². The van der Waals surface area contributed by atoms with Crippen LogP contribution in [0.3, 0.4) is 0 Å². The number of ether oxygens (including phenoxy) is 2. The summed E-state index contributed by atoms with van der Waals surface area (Å²) < 4.78 is 22.9. The first-order valence-electron chi connectivity index (χ1n) is 9.01. The largest absolute Gasteiger partial charge is 0.611 e. The van der Waals surface area contributed by atoms with Crippen molar-refractivity contribution in [1.29, 1.82) is 0 Å². The minimum absolute atomic E-state index is 0.172. The van der Waals surface area contributed by atoms with E-state index in [1.807, 2.05) is 30.3 Å². The van der Waals surface area contributed by atoms with Gasteiger partial charge < -0.3 is 24.0 Å². The van der Waals surface area contributed by atoms with E-state index in [0.717, 1.165) is 5.56 Å². The van der Waals surface area contributed by atoms with Crippen molar-refractivity contribution in [2.45, 2.75) is 17.6 Å². The highest BCUT2D eigenvalue weighted by Gasteiger charge is 2.19. The number of hydrogen-bond acceptors (Lipinski definition) is 5. The SMILES string of the molecule is CCOC(=O)Oc1c[nH]c2c(=O)[nH]c3ccc([S+]([O-])Cc4ccccc4)cc3c12. The Balaban J connectivity index is 1.79. The molecule has 8 heteroatoms. The summed E-state index contributed by atoms with van der Waals surface area (Å²) in [5.74, 6) is 0.554. The molecule has 2 N–H and O–H groups in total. The number of benzene rings is 2. The molecule has 0 fully saturated rings. The third-order valence-electron chi connectivity index (χ3n) is 4.44. The van der Waals surface area contributed by atoms with E-state index in [0.29, 0.717) is 26.9 Å². The van der Waals surface area contributed by atoms with Gasteiger partial charge >= 0.3 is 6.16 Å². The van der Waals surface area contributed by atoms with Gasteiger partial charge in [0.15, 0.2) is 10.6 Å². The van der Waals surface area contributed by atoms with Gasteiger partial charge in [-0.1, -0.05) is 30.3 Å². The molecular weight excluding hydrogens is 392 g/mol. The highest BCUT2D eigenvalue weighted by Crippen LogP contribution is 2.32.